The van der Waals surface area contributed by atoms with E-state index >= 15 is 26.3 Å². The molecule has 0 saturated heterocycles. The standard InChI is InChI=1S/C37H13F15N4/c38-23-20(24(39)30(45)35(50)29(23)44)17-11-3-1-9(53-11)10-2-4-12(54-10)18(21-25(40)31(46)36(51)32(47)26(21)41)14-6-8-16(56-14)19(15-7-5-13(17)55-15)22-27(42)33(48)37(52)34(49)28(22)43/h1-7,16,53,55-56H,8H2/b17-13+,18-12+,19-15+. The Morgan fingerprint density at radius 1 is 0.446 bits per heavy atom. The van der Waals surface area contributed by atoms with Crippen LogP contribution in [0.2, 0.25) is 0 Å². The van der Waals surface area contributed by atoms with E-state index in [9.17, 15) is 39.5 Å². The van der Waals surface area contributed by atoms with E-state index in [1.165, 1.54) is 0 Å². The molecule has 0 saturated carbocycles. The zero-order chi connectivity index (χ0) is 40.2. The van der Waals surface area contributed by atoms with Crippen molar-refractivity contribution in [1.82, 2.24) is 15.3 Å². The summed E-state index contributed by atoms with van der Waals surface area (Å²) in [6, 6.07) is 2.31. The predicted octanol–water partition coefficient (Wildman–Crippen LogP) is 7.91. The summed E-state index contributed by atoms with van der Waals surface area (Å²) < 4.78 is 223. The molecule has 2 aromatic heterocycles. The first-order valence-corrected chi connectivity index (χ1v) is 15.7. The van der Waals surface area contributed by atoms with Gasteiger partial charge in [0.1, 0.15) is 0 Å². The third-order valence-corrected chi connectivity index (χ3v) is 9.28. The van der Waals surface area contributed by atoms with Crippen molar-refractivity contribution in [2.24, 2.45) is 4.99 Å². The fourth-order valence-corrected chi connectivity index (χ4v) is 6.75. The molecule has 4 nitrogen and oxygen atoms in total. The van der Waals surface area contributed by atoms with Crippen molar-refractivity contribution in [3.63, 3.8) is 0 Å². The number of aromatic amines is 2. The van der Waals surface area contributed by atoms with Gasteiger partial charge in [0.25, 0.3) is 0 Å². The lowest BCUT2D eigenvalue weighted by molar-refractivity contribution is 0.375. The second-order valence-corrected chi connectivity index (χ2v) is 12.3. The maximum Gasteiger partial charge on any atom is 0.200 e. The summed E-state index contributed by atoms with van der Waals surface area (Å²) in [4.78, 5) is 9.32. The Kier molecular flexibility index (Phi) is 8.39. The van der Waals surface area contributed by atoms with Crippen molar-refractivity contribution < 1.29 is 65.9 Å². The van der Waals surface area contributed by atoms with Crippen LogP contribution in [0.15, 0.2) is 58.9 Å². The number of aliphatic imine (C=N–C) groups is 1. The summed E-state index contributed by atoms with van der Waals surface area (Å²) in [5.74, 6) is -36.2. The van der Waals surface area contributed by atoms with E-state index in [0.29, 0.717) is 0 Å². The van der Waals surface area contributed by atoms with Gasteiger partial charge in [-0.2, -0.15) is 0 Å². The normalized spacial score (nSPS) is 19.6. The fourth-order valence-electron chi connectivity index (χ4n) is 6.75. The molecule has 286 valence electrons. The van der Waals surface area contributed by atoms with Gasteiger partial charge in [-0.15, -0.1) is 0 Å². The lowest BCUT2D eigenvalue weighted by Gasteiger charge is -2.21. The van der Waals surface area contributed by atoms with Gasteiger partial charge in [-0.1, -0.05) is 6.08 Å². The summed E-state index contributed by atoms with van der Waals surface area (Å²) in [5.41, 5.74) is -8.94. The SMILES string of the molecule is Fc1c(F)c(F)c(/C2=C3\C=CC(=N3)c3ccc([nH]3)/C(c3c(F)c(F)c(F)c(F)c3F)=c3/cc/c([nH]3)=C(\c3c(F)c(F)c(F)c(F)c3F)C3CC=C2N3)c(F)c1F. The van der Waals surface area contributed by atoms with Crippen molar-refractivity contribution in [2.75, 3.05) is 0 Å². The van der Waals surface area contributed by atoms with Crippen LogP contribution in [0.1, 0.15) is 34.5 Å². The minimum absolute atomic E-state index is 0.106. The van der Waals surface area contributed by atoms with Crippen LogP contribution < -0.4 is 16.0 Å². The number of hydrogen-bond acceptors (Lipinski definition) is 2. The Bertz CT molecular complexity index is 2790. The molecule has 1 unspecified atom stereocenters. The van der Waals surface area contributed by atoms with Crippen LogP contribution in [0, 0.1) is 87.3 Å². The average molecular weight is 799 g/mol. The largest absolute Gasteiger partial charge is 0.378 e. The topological polar surface area (TPSA) is 56.0 Å². The smallest absolute Gasteiger partial charge is 0.200 e. The molecule has 5 aromatic rings. The van der Waals surface area contributed by atoms with E-state index < -0.39 is 161 Å². The number of fused-ring (bicyclic) bond motifs is 8. The summed E-state index contributed by atoms with van der Waals surface area (Å²) in [7, 11) is 0. The average Bonchev–Trinajstić information content (AvgIpc) is 4.03. The molecule has 0 radical (unpaired) electrons. The van der Waals surface area contributed by atoms with Gasteiger partial charge in [-0.3, -0.25) is 0 Å². The number of nitrogens with zero attached hydrogens (tertiary/aromatic N) is 1. The molecule has 0 spiro atoms. The molecule has 1 atom stereocenters. The van der Waals surface area contributed by atoms with Gasteiger partial charge in [0.2, 0.25) is 17.5 Å². The van der Waals surface area contributed by atoms with Gasteiger partial charge in [-0.05, 0) is 42.8 Å². The van der Waals surface area contributed by atoms with Crippen LogP contribution in [0.5, 0.6) is 0 Å². The highest BCUT2D eigenvalue weighted by Gasteiger charge is 2.37. The Labute approximate surface area is 301 Å². The van der Waals surface area contributed by atoms with Crippen LogP contribution >= 0.6 is 0 Å². The minimum Gasteiger partial charge on any atom is -0.378 e. The molecule has 8 bridgehead atoms. The quantitative estimate of drug-likeness (QED) is 0.0972. The number of hydrogen-bond donors (Lipinski definition) is 3. The maximum atomic E-state index is 15.6. The van der Waals surface area contributed by atoms with Crippen molar-refractivity contribution in [1.29, 1.82) is 0 Å². The molecular formula is C37H13F15N4. The van der Waals surface area contributed by atoms with Gasteiger partial charge in [0, 0.05) is 38.8 Å². The molecule has 3 aliphatic heterocycles. The maximum absolute atomic E-state index is 15.6. The predicted molar refractivity (Wildman–Crippen MR) is 166 cm³/mol. The van der Waals surface area contributed by atoms with Crippen LogP contribution in [0.3, 0.4) is 0 Å². The molecule has 56 heavy (non-hydrogen) atoms. The van der Waals surface area contributed by atoms with E-state index in [2.05, 4.69) is 20.3 Å². The zero-order valence-corrected chi connectivity index (χ0v) is 26.9. The third-order valence-electron chi connectivity index (χ3n) is 9.28. The van der Waals surface area contributed by atoms with E-state index in [0.717, 1.165) is 42.5 Å². The van der Waals surface area contributed by atoms with Crippen molar-refractivity contribution in [3.05, 3.63) is 180 Å². The van der Waals surface area contributed by atoms with E-state index in [4.69, 9.17) is 0 Å². The summed E-state index contributed by atoms with van der Waals surface area (Å²) in [6.45, 7) is 0. The Morgan fingerprint density at radius 3 is 1.43 bits per heavy atom. The first-order chi connectivity index (χ1) is 26.5. The molecule has 3 aliphatic rings. The number of H-pyrrole nitrogens is 2. The third kappa shape index (κ3) is 5.16. The number of aromatic nitrogens is 2. The molecule has 3 N–H and O–H groups in total. The highest BCUT2D eigenvalue weighted by Crippen LogP contribution is 2.40. The molecule has 3 aromatic carbocycles. The van der Waals surface area contributed by atoms with Crippen molar-refractivity contribution >= 4 is 22.4 Å². The Balaban J connectivity index is 1.52. The second-order valence-electron chi connectivity index (χ2n) is 12.3. The van der Waals surface area contributed by atoms with Gasteiger partial charge >= 0.3 is 0 Å². The first-order valence-electron chi connectivity index (χ1n) is 15.7. The molecule has 0 aliphatic carbocycles. The summed E-state index contributed by atoms with van der Waals surface area (Å²) in [6.07, 6.45) is 2.64. The molecule has 5 heterocycles. The first kappa shape index (κ1) is 36.6. The fraction of sp³-hybridized carbons (Fsp3) is 0.0541. The van der Waals surface area contributed by atoms with Gasteiger partial charge in [-0.25, -0.2) is 70.8 Å². The zero-order valence-electron chi connectivity index (χ0n) is 26.9. The van der Waals surface area contributed by atoms with Crippen LogP contribution in [-0.4, -0.2) is 21.7 Å². The highest BCUT2D eigenvalue weighted by atomic mass is 19.2. The van der Waals surface area contributed by atoms with Crippen molar-refractivity contribution in [2.45, 2.75) is 12.5 Å². The van der Waals surface area contributed by atoms with Crippen LogP contribution in [0.4, 0.5) is 65.9 Å². The summed E-state index contributed by atoms with van der Waals surface area (Å²) >= 11 is 0. The Morgan fingerprint density at radius 2 is 0.893 bits per heavy atom. The van der Waals surface area contributed by atoms with Crippen molar-refractivity contribution in [3.8, 4) is 0 Å². The van der Waals surface area contributed by atoms with E-state index in [1.807, 2.05) is 0 Å². The van der Waals surface area contributed by atoms with Crippen LogP contribution in [-0.2, 0) is 0 Å². The molecule has 0 amide bonds. The Hall–Kier alpha value is -6.40. The second kappa shape index (κ2) is 12.8. The van der Waals surface area contributed by atoms with E-state index in [-0.39, 0.29) is 11.4 Å². The number of halogens is 15. The number of allylic oxidation sites excluding steroid dienone is 3. The molecule has 19 heteroatoms. The lowest BCUT2D eigenvalue weighted by Crippen LogP contribution is -2.32. The van der Waals surface area contributed by atoms with Gasteiger partial charge < -0.3 is 15.3 Å². The molecule has 8 rings (SSSR count). The molecular weight excluding hydrogens is 785 g/mol. The number of rotatable bonds is 3. The van der Waals surface area contributed by atoms with Gasteiger partial charge in [0.15, 0.2) is 69.8 Å². The molecule has 0 fully saturated rings. The number of nitrogens with one attached hydrogen (secondary N) is 3. The van der Waals surface area contributed by atoms with Crippen LogP contribution in [0.25, 0.3) is 16.7 Å². The highest BCUT2D eigenvalue weighted by molar-refractivity contribution is 6.11. The summed E-state index contributed by atoms with van der Waals surface area (Å²) in [5, 5.41) is 1.40. The van der Waals surface area contributed by atoms with Gasteiger partial charge in [0.05, 0.1) is 39.8 Å². The number of benzene rings is 3. The lowest BCUT2D eigenvalue weighted by atomic mass is 9.95. The van der Waals surface area contributed by atoms with E-state index in [1.54, 1.807) is 0 Å². The monoisotopic (exact) mass is 798 g/mol. The minimum atomic E-state index is -2.57.